The molecule has 0 unspecified atom stereocenters. The van der Waals surface area contributed by atoms with E-state index in [4.69, 9.17) is 10.8 Å². The molecule has 1 aliphatic carbocycles. The van der Waals surface area contributed by atoms with E-state index in [1.54, 1.807) is 0 Å². The second kappa shape index (κ2) is 6.35. The fourth-order valence-electron chi connectivity index (χ4n) is 1.69. The van der Waals surface area contributed by atoms with E-state index in [2.05, 4.69) is 4.90 Å². The first-order valence-corrected chi connectivity index (χ1v) is 5.43. The summed E-state index contributed by atoms with van der Waals surface area (Å²) in [6.45, 7) is 3.32. The number of nitrogens with two attached hydrogens (primary N) is 1. The average molecular weight is 186 g/mol. The predicted molar refractivity (Wildman–Crippen MR) is 54.6 cm³/mol. The lowest BCUT2D eigenvalue weighted by Gasteiger charge is -2.20. The number of aliphatic hydroxyl groups excluding tert-OH is 1. The van der Waals surface area contributed by atoms with Crippen LogP contribution >= 0.6 is 0 Å². The van der Waals surface area contributed by atoms with Crippen LogP contribution in [-0.4, -0.2) is 42.3 Å². The summed E-state index contributed by atoms with van der Waals surface area (Å²) in [6.07, 6.45) is 6.02. The second-order valence-corrected chi connectivity index (χ2v) is 3.84. The topological polar surface area (TPSA) is 49.5 Å². The van der Waals surface area contributed by atoms with Gasteiger partial charge in [-0.1, -0.05) is 0 Å². The highest BCUT2D eigenvalue weighted by Gasteiger charge is 2.27. The largest absolute Gasteiger partial charge is 0.396 e. The number of nitrogens with zero attached hydrogens (tertiary/aromatic N) is 1. The van der Waals surface area contributed by atoms with Crippen molar-refractivity contribution in [2.75, 3.05) is 26.2 Å². The molecule has 0 radical (unpaired) electrons. The van der Waals surface area contributed by atoms with E-state index < -0.39 is 0 Å². The number of hydrogen-bond donors (Lipinski definition) is 2. The molecule has 0 saturated heterocycles. The predicted octanol–water partition coefficient (Wildman–Crippen LogP) is 0.572. The molecule has 0 aromatic carbocycles. The van der Waals surface area contributed by atoms with Crippen molar-refractivity contribution in [3.63, 3.8) is 0 Å². The molecule has 0 aliphatic heterocycles. The minimum absolute atomic E-state index is 0.334. The van der Waals surface area contributed by atoms with Gasteiger partial charge in [-0.2, -0.15) is 0 Å². The fourth-order valence-corrected chi connectivity index (χ4v) is 1.69. The Hall–Kier alpha value is -0.120. The lowest BCUT2D eigenvalue weighted by molar-refractivity contribution is 0.250. The van der Waals surface area contributed by atoms with Gasteiger partial charge >= 0.3 is 0 Å². The van der Waals surface area contributed by atoms with Gasteiger partial charge in [-0.15, -0.1) is 0 Å². The molecular formula is C10H22N2O. The molecule has 0 spiro atoms. The van der Waals surface area contributed by atoms with Crippen LogP contribution in [0.2, 0.25) is 0 Å². The third-order valence-corrected chi connectivity index (χ3v) is 2.58. The minimum atomic E-state index is 0.334. The summed E-state index contributed by atoms with van der Waals surface area (Å²) in [5.74, 6) is 0. The summed E-state index contributed by atoms with van der Waals surface area (Å²) in [5.41, 5.74) is 5.54. The van der Waals surface area contributed by atoms with E-state index in [1.807, 2.05) is 0 Å². The van der Waals surface area contributed by atoms with Crippen molar-refractivity contribution in [1.29, 1.82) is 0 Å². The minimum Gasteiger partial charge on any atom is -0.396 e. The highest BCUT2D eigenvalue weighted by atomic mass is 16.2. The van der Waals surface area contributed by atoms with E-state index in [0.29, 0.717) is 6.61 Å². The zero-order valence-corrected chi connectivity index (χ0v) is 8.41. The zero-order valence-electron chi connectivity index (χ0n) is 8.41. The fraction of sp³-hybridized carbons (Fsp3) is 1.00. The Morgan fingerprint density at radius 1 is 1.15 bits per heavy atom. The van der Waals surface area contributed by atoms with E-state index in [0.717, 1.165) is 32.0 Å². The number of unbranched alkanes of at least 4 members (excludes halogenated alkanes) is 2. The van der Waals surface area contributed by atoms with Gasteiger partial charge in [0, 0.05) is 25.7 Å². The Morgan fingerprint density at radius 3 is 2.46 bits per heavy atom. The molecule has 0 amide bonds. The molecule has 78 valence electrons. The van der Waals surface area contributed by atoms with Gasteiger partial charge in [-0.05, 0) is 38.6 Å². The monoisotopic (exact) mass is 186 g/mol. The van der Waals surface area contributed by atoms with Crippen molar-refractivity contribution in [2.45, 2.75) is 38.1 Å². The molecule has 1 fully saturated rings. The SMILES string of the molecule is NCCN(CCCCCO)C1CC1. The summed E-state index contributed by atoms with van der Waals surface area (Å²) < 4.78 is 0. The lowest BCUT2D eigenvalue weighted by atomic mass is 10.2. The first kappa shape index (κ1) is 11.0. The van der Waals surface area contributed by atoms with Gasteiger partial charge in [0.1, 0.15) is 0 Å². The van der Waals surface area contributed by atoms with Crippen molar-refractivity contribution in [2.24, 2.45) is 5.73 Å². The maximum Gasteiger partial charge on any atom is 0.0431 e. The van der Waals surface area contributed by atoms with Gasteiger partial charge in [0.05, 0.1) is 0 Å². The smallest absolute Gasteiger partial charge is 0.0431 e. The van der Waals surface area contributed by atoms with Crippen molar-refractivity contribution in [3.05, 3.63) is 0 Å². The summed E-state index contributed by atoms with van der Waals surface area (Å²) in [6, 6.07) is 0.831. The standard InChI is InChI=1S/C10H22N2O/c11-6-8-12(10-4-5-10)7-2-1-3-9-13/h10,13H,1-9,11H2. The molecule has 0 bridgehead atoms. The first-order chi connectivity index (χ1) is 6.38. The number of hydrogen-bond acceptors (Lipinski definition) is 3. The number of rotatable bonds is 8. The van der Waals surface area contributed by atoms with Gasteiger partial charge < -0.3 is 10.8 Å². The molecule has 1 saturated carbocycles. The first-order valence-electron chi connectivity index (χ1n) is 5.43. The van der Waals surface area contributed by atoms with Crippen LogP contribution < -0.4 is 5.73 Å². The molecule has 3 heteroatoms. The Kier molecular flexibility index (Phi) is 5.35. The Bertz CT molecular complexity index is 126. The third-order valence-electron chi connectivity index (χ3n) is 2.58. The van der Waals surface area contributed by atoms with E-state index >= 15 is 0 Å². The van der Waals surface area contributed by atoms with Gasteiger partial charge in [0.2, 0.25) is 0 Å². The van der Waals surface area contributed by atoms with Crippen LogP contribution in [-0.2, 0) is 0 Å². The normalized spacial score (nSPS) is 16.8. The van der Waals surface area contributed by atoms with Crippen LogP contribution in [0.15, 0.2) is 0 Å². The van der Waals surface area contributed by atoms with E-state index in [9.17, 15) is 0 Å². The highest BCUT2D eigenvalue weighted by molar-refractivity contribution is 4.84. The van der Waals surface area contributed by atoms with Crippen molar-refractivity contribution in [3.8, 4) is 0 Å². The molecule has 0 aromatic rings. The summed E-state index contributed by atoms with van der Waals surface area (Å²) in [4.78, 5) is 2.50. The van der Waals surface area contributed by atoms with E-state index in [1.165, 1.54) is 25.8 Å². The van der Waals surface area contributed by atoms with Crippen LogP contribution in [0.5, 0.6) is 0 Å². The van der Waals surface area contributed by atoms with Crippen molar-refractivity contribution in [1.82, 2.24) is 4.90 Å². The molecule has 0 aromatic heterocycles. The Balaban J connectivity index is 2.00. The van der Waals surface area contributed by atoms with Crippen LogP contribution in [0, 0.1) is 0 Å². The third kappa shape index (κ3) is 4.60. The average Bonchev–Trinajstić information content (AvgIpc) is 2.93. The molecule has 13 heavy (non-hydrogen) atoms. The van der Waals surface area contributed by atoms with Crippen molar-refractivity contribution >= 4 is 0 Å². The Morgan fingerprint density at radius 2 is 1.92 bits per heavy atom. The van der Waals surface area contributed by atoms with Gasteiger partial charge in [0.25, 0.3) is 0 Å². The molecule has 3 nitrogen and oxygen atoms in total. The summed E-state index contributed by atoms with van der Waals surface area (Å²) in [5, 5.41) is 8.62. The van der Waals surface area contributed by atoms with Crippen LogP contribution in [0.3, 0.4) is 0 Å². The quantitative estimate of drug-likeness (QED) is 0.545. The van der Waals surface area contributed by atoms with E-state index in [-0.39, 0.29) is 0 Å². The van der Waals surface area contributed by atoms with Gasteiger partial charge in [-0.25, -0.2) is 0 Å². The maximum absolute atomic E-state index is 8.62. The van der Waals surface area contributed by atoms with Crippen LogP contribution in [0.4, 0.5) is 0 Å². The molecule has 1 rings (SSSR count). The maximum atomic E-state index is 8.62. The van der Waals surface area contributed by atoms with Crippen LogP contribution in [0.25, 0.3) is 0 Å². The molecule has 0 atom stereocenters. The summed E-state index contributed by atoms with van der Waals surface area (Å²) in [7, 11) is 0. The molecule has 3 N–H and O–H groups in total. The zero-order chi connectivity index (χ0) is 9.52. The van der Waals surface area contributed by atoms with Crippen molar-refractivity contribution < 1.29 is 5.11 Å². The molecule has 0 heterocycles. The highest BCUT2D eigenvalue weighted by Crippen LogP contribution is 2.26. The molecular weight excluding hydrogens is 164 g/mol. The molecule has 1 aliphatic rings. The lowest BCUT2D eigenvalue weighted by Crippen LogP contribution is -2.32. The number of aliphatic hydroxyl groups is 1. The Labute approximate surface area is 80.9 Å². The van der Waals surface area contributed by atoms with Gasteiger partial charge in [-0.3, -0.25) is 4.90 Å². The van der Waals surface area contributed by atoms with Crippen LogP contribution in [0.1, 0.15) is 32.1 Å². The van der Waals surface area contributed by atoms with Gasteiger partial charge in [0.15, 0.2) is 0 Å². The summed E-state index contributed by atoms with van der Waals surface area (Å²) >= 11 is 0. The second-order valence-electron chi connectivity index (χ2n) is 3.84.